The third-order valence-corrected chi connectivity index (χ3v) is 2.64. The summed E-state index contributed by atoms with van der Waals surface area (Å²) in [5.41, 5.74) is 5.52. The summed E-state index contributed by atoms with van der Waals surface area (Å²) >= 11 is 0. The molecule has 1 fully saturated rings. The van der Waals surface area contributed by atoms with Gasteiger partial charge in [0.2, 0.25) is 11.8 Å². The molecule has 2 amide bonds. The van der Waals surface area contributed by atoms with E-state index in [9.17, 15) is 9.59 Å². The number of carbonyl (C=O) groups excluding carboxylic acids is 2. The van der Waals surface area contributed by atoms with Crippen LogP contribution in [0.1, 0.15) is 20.3 Å². The van der Waals surface area contributed by atoms with E-state index >= 15 is 0 Å². The van der Waals surface area contributed by atoms with Crippen LogP contribution in [0.5, 0.6) is 0 Å². The van der Waals surface area contributed by atoms with E-state index < -0.39 is 6.04 Å². The molecule has 5 nitrogen and oxygen atoms in total. The van der Waals surface area contributed by atoms with Gasteiger partial charge in [-0.05, 0) is 6.92 Å². The smallest absolute Gasteiger partial charge is 0.239 e. The molecule has 0 aliphatic carbocycles. The van der Waals surface area contributed by atoms with E-state index in [-0.39, 0.29) is 11.8 Å². The Hall–Kier alpha value is -1.10. The first-order chi connectivity index (χ1) is 7.06. The van der Waals surface area contributed by atoms with Crippen molar-refractivity contribution in [2.45, 2.75) is 26.3 Å². The Kier molecular flexibility index (Phi) is 4.08. The van der Waals surface area contributed by atoms with Gasteiger partial charge >= 0.3 is 0 Å². The maximum absolute atomic E-state index is 11.5. The number of carbonyl (C=O) groups is 2. The van der Waals surface area contributed by atoms with E-state index in [0.717, 1.165) is 0 Å². The van der Waals surface area contributed by atoms with Gasteiger partial charge in [-0.3, -0.25) is 9.59 Å². The van der Waals surface area contributed by atoms with Gasteiger partial charge in [-0.25, -0.2) is 0 Å². The average molecular weight is 213 g/mol. The van der Waals surface area contributed by atoms with Crippen molar-refractivity contribution in [3.63, 3.8) is 0 Å². The van der Waals surface area contributed by atoms with Gasteiger partial charge in [0.25, 0.3) is 0 Å². The second-order valence-electron chi connectivity index (χ2n) is 3.85. The lowest BCUT2D eigenvalue weighted by Gasteiger charge is -2.35. The largest absolute Gasteiger partial charge is 0.339 e. The molecule has 0 saturated carbocycles. The van der Waals surface area contributed by atoms with Crippen LogP contribution in [0, 0.1) is 0 Å². The van der Waals surface area contributed by atoms with Crippen LogP contribution >= 0.6 is 0 Å². The lowest BCUT2D eigenvalue weighted by atomic mass is 10.2. The molecule has 1 aliphatic rings. The van der Waals surface area contributed by atoms with Crippen molar-refractivity contribution in [2.75, 3.05) is 26.2 Å². The summed E-state index contributed by atoms with van der Waals surface area (Å²) in [5.74, 6) is 0.126. The first-order valence-electron chi connectivity index (χ1n) is 5.38. The van der Waals surface area contributed by atoms with Crippen LogP contribution in [-0.4, -0.2) is 53.8 Å². The fraction of sp³-hybridized carbons (Fsp3) is 0.800. The van der Waals surface area contributed by atoms with Crippen LogP contribution in [0.4, 0.5) is 0 Å². The highest BCUT2D eigenvalue weighted by atomic mass is 16.2. The molecule has 2 N–H and O–H groups in total. The Morgan fingerprint density at radius 2 is 1.67 bits per heavy atom. The Morgan fingerprint density at radius 3 is 2.07 bits per heavy atom. The maximum Gasteiger partial charge on any atom is 0.239 e. The monoisotopic (exact) mass is 213 g/mol. The molecular formula is C10H19N3O2. The minimum absolute atomic E-state index is 0.0291. The van der Waals surface area contributed by atoms with E-state index in [2.05, 4.69) is 0 Å². The van der Waals surface area contributed by atoms with Gasteiger partial charge < -0.3 is 15.5 Å². The fourth-order valence-corrected chi connectivity index (χ4v) is 1.69. The van der Waals surface area contributed by atoms with Gasteiger partial charge in [-0.1, -0.05) is 6.92 Å². The van der Waals surface area contributed by atoms with Gasteiger partial charge in [-0.15, -0.1) is 0 Å². The number of hydrogen-bond donors (Lipinski definition) is 1. The normalized spacial score (nSPS) is 18.9. The highest BCUT2D eigenvalue weighted by molar-refractivity contribution is 5.82. The van der Waals surface area contributed by atoms with E-state index in [1.807, 2.05) is 6.92 Å². The number of hydrogen-bond acceptors (Lipinski definition) is 3. The Morgan fingerprint density at radius 1 is 1.20 bits per heavy atom. The zero-order valence-corrected chi connectivity index (χ0v) is 9.40. The molecule has 5 heteroatoms. The van der Waals surface area contributed by atoms with E-state index in [4.69, 9.17) is 5.73 Å². The van der Waals surface area contributed by atoms with Crippen molar-refractivity contribution in [2.24, 2.45) is 5.73 Å². The van der Waals surface area contributed by atoms with E-state index in [0.29, 0.717) is 32.6 Å². The van der Waals surface area contributed by atoms with Gasteiger partial charge in [0, 0.05) is 32.6 Å². The number of amides is 2. The van der Waals surface area contributed by atoms with Crippen molar-refractivity contribution in [3.8, 4) is 0 Å². The summed E-state index contributed by atoms with van der Waals surface area (Å²) in [6, 6.07) is -0.446. The Bertz CT molecular complexity index is 245. The highest BCUT2D eigenvalue weighted by Gasteiger charge is 2.24. The molecule has 1 aliphatic heterocycles. The van der Waals surface area contributed by atoms with E-state index in [1.54, 1.807) is 16.7 Å². The van der Waals surface area contributed by atoms with Gasteiger partial charge in [0.05, 0.1) is 6.04 Å². The van der Waals surface area contributed by atoms with Gasteiger partial charge in [0.15, 0.2) is 0 Å². The summed E-state index contributed by atoms with van der Waals surface area (Å²) in [7, 11) is 0. The summed E-state index contributed by atoms with van der Waals surface area (Å²) in [5, 5.41) is 0. The lowest BCUT2D eigenvalue weighted by molar-refractivity contribution is -0.139. The second kappa shape index (κ2) is 5.11. The summed E-state index contributed by atoms with van der Waals surface area (Å²) in [6.07, 6.45) is 0.529. The van der Waals surface area contributed by atoms with Crippen LogP contribution in [0.3, 0.4) is 0 Å². The molecule has 0 spiro atoms. The van der Waals surface area contributed by atoms with Crippen molar-refractivity contribution in [1.82, 2.24) is 9.80 Å². The first-order valence-corrected chi connectivity index (χ1v) is 5.38. The number of rotatable bonds is 2. The molecule has 1 saturated heterocycles. The minimum atomic E-state index is -0.446. The van der Waals surface area contributed by atoms with Gasteiger partial charge in [-0.2, -0.15) is 0 Å². The summed E-state index contributed by atoms with van der Waals surface area (Å²) < 4.78 is 0. The molecule has 15 heavy (non-hydrogen) atoms. The molecule has 0 aromatic heterocycles. The Balaban J connectivity index is 2.42. The molecule has 0 aromatic carbocycles. The number of nitrogens with two attached hydrogens (primary N) is 1. The van der Waals surface area contributed by atoms with Crippen molar-refractivity contribution in [1.29, 1.82) is 0 Å². The predicted octanol–water partition coefficient (Wildman–Crippen LogP) is -0.586. The van der Waals surface area contributed by atoms with Crippen molar-refractivity contribution < 1.29 is 9.59 Å². The standard InChI is InChI=1S/C10H19N3O2/c1-3-9(14)12-4-6-13(7-5-12)10(15)8(2)11/h8H,3-7,11H2,1-2H3/t8-/m0/s1. The van der Waals surface area contributed by atoms with Crippen LogP contribution in [-0.2, 0) is 9.59 Å². The van der Waals surface area contributed by atoms with Crippen LogP contribution in [0.25, 0.3) is 0 Å². The third-order valence-electron chi connectivity index (χ3n) is 2.64. The first kappa shape index (κ1) is 12.0. The van der Waals surface area contributed by atoms with Crippen LogP contribution in [0.15, 0.2) is 0 Å². The van der Waals surface area contributed by atoms with E-state index in [1.165, 1.54) is 0 Å². The molecule has 0 aromatic rings. The van der Waals surface area contributed by atoms with Crippen molar-refractivity contribution >= 4 is 11.8 Å². The molecule has 0 unspecified atom stereocenters. The molecular weight excluding hydrogens is 194 g/mol. The maximum atomic E-state index is 11.5. The number of nitrogens with zero attached hydrogens (tertiary/aromatic N) is 2. The molecule has 1 atom stereocenters. The third kappa shape index (κ3) is 2.92. The van der Waals surface area contributed by atoms with Crippen molar-refractivity contribution in [3.05, 3.63) is 0 Å². The highest BCUT2D eigenvalue weighted by Crippen LogP contribution is 2.04. The lowest BCUT2D eigenvalue weighted by Crippen LogP contribution is -2.53. The molecule has 0 radical (unpaired) electrons. The SMILES string of the molecule is CCC(=O)N1CCN(C(=O)[C@H](C)N)CC1. The summed E-state index contributed by atoms with van der Waals surface area (Å²) in [4.78, 5) is 26.4. The fourth-order valence-electron chi connectivity index (χ4n) is 1.69. The summed E-state index contributed by atoms with van der Waals surface area (Å²) in [6.45, 7) is 6.00. The zero-order chi connectivity index (χ0) is 11.4. The van der Waals surface area contributed by atoms with Gasteiger partial charge in [0.1, 0.15) is 0 Å². The topological polar surface area (TPSA) is 66.6 Å². The second-order valence-corrected chi connectivity index (χ2v) is 3.85. The molecule has 1 rings (SSSR count). The molecule has 86 valence electrons. The van der Waals surface area contributed by atoms with Crippen LogP contribution < -0.4 is 5.73 Å². The number of piperazine rings is 1. The van der Waals surface area contributed by atoms with Crippen LogP contribution in [0.2, 0.25) is 0 Å². The predicted molar refractivity (Wildman–Crippen MR) is 57.1 cm³/mol. The molecule has 1 heterocycles. The quantitative estimate of drug-likeness (QED) is 0.667. The minimum Gasteiger partial charge on any atom is -0.339 e. The average Bonchev–Trinajstić information content (AvgIpc) is 2.27. The zero-order valence-electron chi connectivity index (χ0n) is 9.40. The molecule has 0 bridgehead atoms. The Labute approximate surface area is 90.2 Å².